The zero-order valence-electron chi connectivity index (χ0n) is 14.7. The molecule has 3 aromatic rings. The number of anilines is 2. The molecule has 3 rings (SSSR count). The zero-order valence-corrected chi connectivity index (χ0v) is 14.7. The van der Waals surface area contributed by atoms with Crippen molar-refractivity contribution in [3.8, 4) is 0 Å². The number of carbonyl (C=O) groups excluding carboxylic acids is 1. The molecule has 1 aromatic heterocycles. The SMILES string of the molecule is Cc1cccc(NC(=O)c2cncc(NCc3ccccc3F)c2)c1C. The van der Waals surface area contributed by atoms with Crippen LogP contribution in [0.1, 0.15) is 27.0 Å². The molecular formula is C21H20FN3O. The Bertz CT molecular complexity index is 940. The summed E-state index contributed by atoms with van der Waals surface area (Å²) >= 11 is 0. The molecule has 26 heavy (non-hydrogen) atoms. The summed E-state index contributed by atoms with van der Waals surface area (Å²) in [7, 11) is 0. The van der Waals surface area contributed by atoms with Gasteiger partial charge in [0.1, 0.15) is 5.82 Å². The smallest absolute Gasteiger partial charge is 0.257 e. The third-order valence-electron chi connectivity index (χ3n) is 4.29. The number of halogens is 1. The summed E-state index contributed by atoms with van der Waals surface area (Å²) in [6, 6.07) is 14.0. The van der Waals surface area contributed by atoms with Crippen molar-refractivity contribution in [2.75, 3.05) is 10.6 Å². The zero-order chi connectivity index (χ0) is 18.5. The predicted octanol–water partition coefficient (Wildman–Crippen LogP) is 4.70. The number of benzene rings is 2. The van der Waals surface area contributed by atoms with Gasteiger partial charge >= 0.3 is 0 Å². The Morgan fingerprint density at radius 2 is 1.88 bits per heavy atom. The van der Waals surface area contributed by atoms with E-state index >= 15 is 0 Å². The Hall–Kier alpha value is -3.21. The van der Waals surface area contributed by atoms with E-state index in [-0.39, 0.29) is 11.7 Å². The molecule has 5 heteroatoms. The van der Waals surface area contributed by atoms with Gasteiger partial charge in [0.15, 0.2) is 0 Å². The lowest BCUT2D eigenvalue weighted by Gasteiger charge is -2.11. The maximum atomic E-state index is 13.7. The lowest BCUT2D eigenvalue weighted by Crippen LogP contribution is -2.14. The summed E-state index contributed by atoms with van der Waals surface area (Å²) in [5.74, 6) is -0.502. The summed E-state index contributed by atoms with van der Waals surface area (Å²) in [6.45, 7) is 4.28. The summed E-state index contributed by atoms with van der Waals surface area (Å²) < 4.78 is 13.7. The molecule has 0 atom stereocenters. The van der Waals surface area contributed by atoms with Crippen LogP contribution >= 0.6 is 0 Å². The molecule has 0 bridgehead atoms. The number of rotatable bonds is 5. The second kappa shape index (κ2) is 7.78. The van der Waals surface area contributed by atoms with Crippen LogP contribution in [0.4, 0.5) is 15.8 Å². The Morgan fingerprint density at radius 3 is 2.69 bits per heavy atom. The van der Waals surface area contributed by atoms with Crippen LogP contribution in [-0.2, 0) is 6.54 Å². The van der Waals surface area contributed by atoms with Crippen molar-refractivity contribution in [1.29, 1.82) is 0 Å². The third kappa shape index (κ3) is 4.06. The maximum Gasteiger partial charge on any atom is 0.257 e. The van der Waals surface area contributed by atoms with Crippen molar-refractivity contribution in [3.05, 3.63) is 89.0 Å². The van der Waals surface area contributed by atoms with Crippen LogP contribution in [0.2, 0.25) is 0 Å². The van der Waals surface area contributed by atoms with Crippen molar-refractivity contribution in [2.45, 2.75) is 20.4 Å². The molecule has 0 radical (unpaired) electrons. The van der Waals surface area contributed by atoms with Crippen molar-refractivity contribution in [1.82, 2.24) is 4.98 Å². The van der Waals surface area contributed by atoms with Crippen LogP contribution < -0.4 is 10.6 Å². The molecule has 0 aliphatic heterocycles. The molecule has 2 N–H and O–H groups in total. The topological polar surface area (TPSA) is 54.0 Å². The van der Waals surface area contributed by atoms with Crippen LogP contribution in [0, 0.1) is 19.7 Å². The first kappa shape index (κ1) is 17.6. The Morgan fingerprint density at radius 1 is 1.08 bits per heavy atom. The van der Waals surface area contributed by atoms with Crippen LogP contribution in [0.3, 0.4) is 0 Å². The quantitative estimate of drug-likeness (QED) is 0.702. The third-order valence-corrected chi connectivity index (χ3v) is 4.29. The number of hydrogen-bond acceptors (Lipinski definition) is 3. The first-order chi connectivity index (χ1) is 12.5. The molecule has 132 valence electrons. The molecule has 0 aliphatic rings. The van der Waals surface area contributed by atoms with E-state index in [9.17, 15) is 9.18 Å². The molecule has 0 fully saturated rings. The van der Waals surface area contributed by atoms with Gasteiger partial charge in [0.25, 0.3) is 5.91 Å². The van der Waals surface area contributed by atoms with E-state index in [0.29, 0.717) is 23.4 Å². The summed E-state index contributed by atoms with van der Waals surface area (Å²) in [6.07, 6.45) is 3.12. The molecule has 0 saturated heterocycles. The van der Waals surface area contributed by atoms with Crippen LogP contribution in [0.15, 0.2) is 60.9 Å². The number of aromatic nitrogens is 1. The monoisotopic (exact) mass is 349 g/mol. The largest absolute Gasteiger partial charge is 0.380 e. The van der Waals surface area contributed by atoms with E-state index < -0.39 is 0 Å². The van der Waals surface area contributed by atoms with E-state index in [1.807, 2.05) is 32.0 Å². The molecule has 1 heterocycles. The Kier molecular flexibility index (Phi) is 5.27. The van der Waals surface area contributed by atoms with Crippen molar-refractivity contribution in [3.63, 3.8) is 0 Å². The average molecular weight is 349 g/mol. The molecule has 0 saturated carbocycles. The fourth-order valence-electron chi connectivity index (χ4n) is 2.58. The van der Waals surface area contributed by atoms with Gasteiger partial charge in [-0.05, 0) is 43.2 Å². The number of hydrogen-bond donors (Lipinski definition) is 2. The van der Waals surface area contributed by atoms with Crippen LogP contribution in [0.5, 0.6) is 0 Å². The van der Waals surface area contributed by atoms with Gasteiger partial charge in [-0.25, -0.2) is 4.39 Å². The number of pyridine rings is 1. The number of amides is 1. The first-order valence-corrected chi connectivity index (χ1v) is 8.34. The fraction of sp³-hybridized carbons (Fsp3) is 0.143. The minimum Gasteiger partial charge on any atom is -0.380 e. The molecule has 0 spiro atoms. The summed E-state index contributed by atoms with van der Waals surface area (Å²) in [5, 5.41) is 6.01. The fourth-order valence-corrected chi connectivity index (χ4v) is 2.58. The van der Waals surface area contributed by atoms with Gasteiger partial charge in [-0.2, -0.15) is 0 Å². The molecule has 0 aliphatic carbocycles. The van der Waals surface area contributed by atoms with E-state index in [0.717, 1.165) is 16.8 Å². The van der Waals surface area contributed by atoms with E-state index in [1.165, 1.54) is 12.3 Å². The number of nitrogens with one attached hydrogen (secondary N) is 2. The number of nitrogens with zero attached hydrogens (tertiary/aromatic N) is 1. The molecule has 0 unspecified atom stereocenters. The standard InChI is InChI=1S/C21H20FN3O/c1-14-6-5-9-20(15(14)2)25-21(26)17-10-18(13-23-11-17)24-12-16-7-3-4-8-19(16)22/h3-11,13,24H,12H2,1-2H3,(H,25,26). The highest BCUT2D eigenvalue weighted by molar-refractivity contribution is 6.05. The Balaban J connectivity index is 1.71. The first-order valence-electron chi connectivity index (χ1n) is 8.34. The number of carbonyl (C=O) groups is 1. The lowest BCUT2D eigenvalue weighted by atomic mass is 10.1. The van der Waals surface area contributed by atoms with Gasteiger partial charge in [-0.3, -0.25) is 9.78 Å². The predicted molar refractivity (Wildman–Crippen MR) is 102 cm³/mol. The molecular weight excluding hydrogens is 329 g/mol. The van der Waals surface area contributed by atoms with Gasteiger partial charge in [0.2, 0.25) is 0 Å². The summed E-state index contributed by atoms with van der Waals surface area (Å²) in [4.78, 5) is 16.6. The highest BCUT2D eigenvalue weighted by Crippen LogP contribution is 2.19. The molecule has 4 nitrogen and oxygen atoms in total. The van der Waals surface area contributed by atoms with Crippen LogP contribution in [-0.4, -0.2) is 10.9 Å². The van der Waals surface area contributed by atoms with E-state index in [4.69, 9.17) is 0 Å². The molecule has 1 amide bonds. The van der Waals surface area contributed by atoms with E-state index in [1.54, 1.807) is 30.5 Å². The minimum atomic E-state index is -0.267. The molecule has 2 aromatic carbocycles. The van der Waals surface area contributed by atoms with E-state index in [2.05, 4.69) is 15.6 Å². The Labute approximate surface area is 152 Å². The van der Waals surface area contributed by atoms with Crippen LogP contribution in [0.25, 0.3) is 0 Å². The average Bonchev–Trinajstić information content (AvgIpc) is 2.65. The van der Waals surface area contributed by atoms with Crippen molar-refractivity contribution < 1.29 is 9.18 Å². The minimum absolute atomic E-state index is 0.235. The van der Waals surface area contributed by atoms with Crippen molar-refractivity contribution >= 4 is 17.3 Å². The second-order valence-corrected chi connectivity index (χ2v) is 6.11. The second-order valence-electron chi connectivity index (χ2n) is 6.11. The van der Waals surface area contributed by atoms with Gasteiger partial charge in [0.05, 0.1) is 11.3 Å². The number of aryl methyl sites for hydroxylation is 1. The van der Waals surface area contributed by atoms with Gasteiger partial charge in [-0.15, -0.1) is 0 Å². The van der Waals surface area contributed by atoms with Gasteiger partial charge < -0.3 is 10.6 Å². The normalized spacial score (nSPS) is 10.4. The highest BCUT2D eigenvalue weighted by Gasteiger charge is 2.10. The highest BCUT2D eigenvalue weighted by atomic mass is 19.1. The van der Waals surface area contributed by atoms with Gasteiger partial charge in [-0.1, -0.05) is 30.3 Å². The lowest BCUT2D eigenvalue weighted by molar-refractivity contribution is 0.102. The summed E-state index contributed by atoms with van der Waals surface area (Å²) in [5.41, 5.74) is 4.56. The van der Waals surface area contributed by atoms with Gasteiger partial charge in [0, 0.05) is 30.2 Å². The maximum absolute atomic E-state index is 13.7. The van der Waals surface area contributed by atoms with Crippen molar-refractivity contribution in [2.24, 2.45) is 0 Å².